The van der Waals surface area contributed by atoms with Gasteiger partial charge in [0.2, 0.25) is 0 Å². The molecule has 194 valence electrons. The lowest BCUT2D eigenvalue weighted by Gasteiger charge is -2.38. The van der Waals surface area contributed by atoms with Gasteiger partial charge in [0.1, 0.15) is 0 Å². The van der Waals surface area contributed by atoms with Crippen LogP contribution in [0, 0.1) is 5.92 Å². The largest absolute Gasteiger partial charge is 0.465 e. The topological polar surface area (TPSA) is 90.0 Å². The van der Waals surface area contributed by atoms with Crippen LogP contribution in [0.4, 0.5) is 5.69 Å². The minimum absolute atomic E-state index is 0.0118. The maximum Gasteiger partial charge on any atom is 0.338 e. The van der Waals surface area contributed by atoms with Gasteiger partial charge in [-0.2, -0.15) is 0 Å². The first-order valence-electron chi connectivity index (χ1n) is 12.8. The number of hydrogen-bond donors (Lipinski definition) is 0. The Morgan fingerprint density at radius 1 is 1.08 bits per heavy atom. The summed E-state index contributed by atoms with van der Waals surface area (Å²) in [5.74, 6) is -0.992. The predicted molar refractivity (Wildman–Crippen MR) is 138 cm³/mol. The Hall–Kier alpha value is -2.71. The molecule has 1 fully saturated rings. The van der Waals surface area contributed by atoms with E-state index >= 15 is 0 Å². The van der Waals surface area contributed by atoms with Gasteiger partial charge >= 0.3 is 5.97 Å². The quantitative estimate of drug-likeness (QED) is 0.366. The average molecular weight is 514 g/mol. The van der Waals surface area contributed by atoms with Crippen LogP contribution >= 0.6 is 0 Å². The molecule has 0 bridgehead atoms. The molecule has 0 aromatic heterocycles. The van der Waals surface area contributed by atoms with Crippen molar-refractivity contribution in [3.8, 4) is 0 Å². The van der Waals surface area contributed by atoms with E-state index in [-0.39, 0.29) is 40.2 Å². The molecule has 4 rings (SSSR count). The van der Waals surface area contributed by atoms with Crippen molar-refractivity contribution >= 4 is 27.5 Å². The number of rotatable bonds is 8. The number of carbonyl (C=O) groups is 2. The van der Waals surface area contributed by atoms with Gasteiger partial charge in [-0.15, -0.1) is 0 Å². The Morgan fingerprint density at radius 2 is 1.83 bits per heavy atom. The van der Waals surface area contributed by atoms with Crippen LogP contribution < -0.4 is 4.31 Å². The Bertz CT molecular complexity index is 1230. The zero-order valence-electron chi connectivity index (χ0n) is 21.3. The Balaban J connectivity index is 1.85. The zero-order chi connectivity index (χ0) is 25.9. The standard InChI is InChI=1S/C28H35NO6S/c1-4-19-9-12-24-21(17-19)10-11-22(5-2)29(24)36(32,33)26-8-6-7-23(28(31)34-3)27(26)25(30)18-20-13-15-35-16-14-20/h6-9,12,17,20,22H,4-5,10-11,13-16,18H2,1-3H3. The molecule has 0 radical (unpaired) electrons. The lowest BCUT2D eigenvalue weighted by atomic mass is 9.90. The molecule has 2 heterocycles. The minimum Gasteiger partial charge on any atom is -0.465 e. The number of anilines is 1. The summed E-state index contributed by atoms with van der Waals surface area (Å²) in [6, 6.07) is 10.1. The third kappa shape index (κ3) is 5.06. The number of carbonyl (C=O) groups excluding carboxylic acids is 2. The molecule has 7 nitrogen and oxygen atoms in total. The predicted octanol–water partition coefficient (Wildman–Crippen LogP) is 4.96. The van der Waals surface area contributed by atoms with Crippen molar-refractivity contribution in [1.29, 1.82) is 0 Å². The van der Waals surface area contributed by atoms with Crippen molar-refractivity contribution in [3.05, 3.63) is 58.7 Å². The van der Waals surface area contributed by atoms with E-state index in [1.54, 1.807) is 0 Å². The number of hydrogen-bond acceptors (Lipinski definition) is 6. The highest BCUT2D eigenvalue weighted by Gasteiger charge is 2.39. The first kappa shape index (κ1) is 26.4. The number of ether oxygens (including phenoxy) is 2. The molecule has 2 aliphatic heterocycles. The van der Waals surface area contributed by atoms with Crippen molar-refractivity contribution in [3.63, 3.8) is 0 Å². The second kappa shape index (κ2) is 11.1. The van der Waals surface area contributed by atoms with Crippen LogP contribution in [-0.4, -0.2) is 46.5 Å². The number of esters is 1. The van der Waals surface area contributed by atoms with Crippen LogP contribution in [0.2, 0.25) is 0 Å². The smallest absolute Gasteiger partial charge is 0.338 e. The Labute approximate surface area is 213 Å². The Morgan fingerprint density at radius 3 is 2.50 bits per heavy atom. The molecule has 1 unspecified atom stereocenters. The maximum absolute atomic E-state index is 14.4. The lowest BCUT2D eigenvalue weighted by Crippen LogP contribution is -2.44. The summed E-state index contributed by atoms with van der Waals surface area (Å²) in [7, 11) is -2.93. The normalized spacial score (nSPS) is 18.5. The average Bonchev–Trinajstić information content (AvgIpc) is 2.91. The van der Waals surface area contributed by atoms with Gasteiger partial charge in [-0.05, 0) is 73.8 Å². The van der Waals surface area contributed by atoms with Crippen LogP contribution in [0.25, 0.3) is 0 Å². The second-order valence-corrected chi connectivity index (χ2v) is 11.4. The monoisotopic (exact) mass is 513 g/mol. The number of aryl methyl sites for hydroxylation is 2. The molecule has 1 atom stereocenters. The summed E-state index contributed by atoms with van der Waals surface area (Å²) in [6.07, 6.45) is 4.60. The van der Waals surface area contributed by atoms with Gasteiger partial charge in [-0.3, -0.25) is 9.10 Å². The van der Waals surface area contributed by atoms with E-state index < -0.39 is 16.0 Å². The summed E-state index contributed by atoms with van der Waals surface area (Å²) < 4.78 is 40.5. The van der Waals surface area contributed by atoms with Crippen LogP contribution in [0.1, 0.15) is 77.8 Å². The van der Waals surface area contributed by atoms with Gasteiger partial charge in [-0.25, -0.2) is 13.2 Å². The molecular weight excluding hydrogens is 478 g/mol. The maximum atomic E-state index is 14.4. The first-order valence-corrected chi connectivity index (χ1v) is 14.2. The third-order valence-corrected chi connectivity index (χ3v) is 9.31. The van der Waals surface area contributed by atoms with E-state index in [0.717, 1.165) is 36.8 Å². The van der Waals surface area contributed by atoms with Gasteiger partial charge in [0.05, 0.1) is 28.8 Å². The molecule has 0 amide bonds. The SMILES string of the molecule is CCc1ccc2c(c1)CCC(CC)N2S(=O)(=O)c1cccc(C(=O)OC)c1C(=O)CC1CCOCC1. The molecule has 0 spiro atoms. The molecule has 0 N–H and O–H groups in total. The summed E-state index contributed by atoms with van der Waals surface area (Å²) in [5, 5.41) is 0. The number of benzene rings is 2. The van der Waals surface area contributed by atoms with Crippen LogP contribution in [0.3, 0.4) is 0 Å². The number of sulfonamides is 1. The molecule has 0 saturated carbocycles. The van der Waals surface area contributed by atoms with Crippen molar-refractivity contribution in [1.82, 2.24) is 0 Å². The zero-order valence-corrected chi connectivity index (χ0v) is 22.1. The van der Waals surface area contributed by atoms with Gasteiger partial charge in [0.25, 0.3) is 10.0 Å². The van der Waals surface area contributed by atoms with Crippen LogP contribution in [0.5, 0.6) is 0 Å². The molecule has 2 aromatic carbocycles. The van der Waals surface area contributed by atoms with Crippen molar-refractivity contribution < 1.29 is 27.5 Å². The third-order valence-electron chi connectivity index (χ3n) is 7.40. The summed E-state index contributed by atoms with van der Waals surface area (Å²) in [6.45, 7) is 5.19. The Kier molecular flexibility index (Phi) is 8.15. The number of nitrogens with zero attached hydrogens (tertiary/aromatic N) is 1. The first-order chi connectivity index (χ1) is 17.3. The highest BCUT2D eigenvalue weighted by molar-refractivity contribution is 7.93. The van der Waals surface area contributed by atoms with E-state index in [1.165, 1.54) is 29.6 Å². The highest BCUT2D eigenvalue weighted by atomic mass is 32.2. The second-order valence-electron chi connectivity index (χ2n) is 9.57. The van der Waals surface area contributed by atoms with Crippen molar-refractivity contribution in [2.75, 3.05) is 24.6 Å². The fraction of sp³-hybridized carbons (Fsp3) is 0.500. The number of methoxy groups -OCH3 is 1. The van der Waals surface area contributed by atoms with Crippen molar-refractivity contribution in [2.24, 2.45) is 5.92 Å². The molecule has 8 heteroatoms. The number of fused-ring (bicyclic) bond motifs is 1. The molecule has 36 heavy (non-hydrogen) atoms. The fourth-order valence-electron chi connectivity index (χ4n) is 5.34. The van der Waals surface area contributed by atoms with Gasteiger partial charge in [-0.1, -0.05) is 32.0 Å². The molecule has 0 aliphatic carbocycles. The molecular formula is C28H35NO6S. The molecule has 2 aromatic rings. The number of Topliss-reactive ketones (excluding diaryl/α,β-unsaturated/α-hetero) is 1. The van der Waals surface area contributed by atoms with E-state index in [2.05, 4.69) is 13.0 Å². The van der Waals surface area contributed by atoms with E-state index in [9.17, 15) is 18.0 Å². The van der Waals surface area contributed by atoms with Crippen molar-refractivity contribution in [2.45, 2.75) is 69.7 Å². The summed E-state index contributed by atoms with van der Waals surface area (Å²) >= 11 is 0. The summed E-state index contributed by atoms with van der Waals surface area (Å²) in [4.78, 5) is 26.2. The van der Waals surface area contributed by atoms with Gasteiger partial charge < -0.3 is 9.47 Å². The van der Waals surface area contributed by atoms with Gasteiger partial charge in [0, 0.05) is 25.7 Å². The van der Waals surface area contributed by atoms with E-state index in [1.807, 2.05) is 19.1 Å². The van der Waals surface area contributed by atoms with Crippen LogP contribution in [-0.2, 0) is 32.3 Å². The molecule has 1 saturated heterocycles. The highest BCUT2D eigenvalue weighted by Crippen LogP contribution is 2.39. The van der Waals surface area contributed by atoms with Crippen LogP contribution in [0.15, 0.2) is 41.3 Å². The minimum atomic E-state index is -4.16. The van der Waals surface area contributed by atoms with Gasteiger partial charge in [0.15, 0.2) is 5.78 Å². The fourth-order valence-corrected chi connectivity index (χ4v) is 7.37. The summed E-state index contributed by atoms with van der Waals surface area (Å²) in [5.41, 5.74) is 2.71. The van der Waals surface area contributed by atoms with E-state index in [0.29, 0.717) is 31.7 Å². The number of ketones is 1. The molecule has 2 aliphatic rings. The van der Waals surface area contributed by atoms with E-state index in [4.69, 9.17) is 9.47 Å². The lowest BCUT2D eigenvalue weighted by molar-refractivity contribution is 0.0575.